The first-order valence-electron chi connectivity index (χ1n) is 6.97. The van der Waals surface area contributed by atoms with Gasteiger partial charge in [-0.2, -0.15) is 0 Å². The molecule has 0 bridgehead atoms. The zero-order chi connectivity index (χ0) is 13.2. The number of aromatic nitrogens is 1. The largest absolute Gasteiger partial charge is 0.347 e. The van der Waals surface area contributed by atoms with E-state index in [1.54, 1.807) is 12.1 Å². The SMILES string of the molecule is O=[N+]([O-])c1ccc2ccn(CC3CCCCC3)c2c1. The van der Waals surface area contributed by atoms with E-state index in [1.165, 1.54) is 32.1 Å². The number of hydrogen-bond acceptors (Lipinski definition) is 2. The zero-order valence-electron chi connectivity index (χ0n) is 10.9. The van der Waals surface area contributed by atoms with Crippen molar-refractivity contribution in [2.45, 2.75) is 38.6 Å². The normalized spacial score (nSPS) is 16.8. The van der Waals surface area contributed by atoms with Crippen LogP contribution in [0, 0.1) is 16.0 Å². The van der Waals surface area contributed by atoms with Crippen LogP contribution in [-0.4, -0.2) is 9.49 Å². The Morgan fingerprint density at radius 1 is 1.21 bits per heavy atom. The van der Waals surface area contributed by atoms with Crippen LogP contribution in [0.3, 0.4) is 0 Å². The van der Waals surface area contributed by atoms with E-state index in [2.05, 4.69) is 10.8 Å². The summed E-state index contributed by atoms with van der Waals surface area (Å²) in [5, 5.41) is 11.9. The lowest BCUT2D eigenvalue weighted by molar-refractivity contribution is -0.384. The van der Waals surface area contributed by atoms with Crippen molar-refractivity contribution < 1.29 is 4.92 Å². The number of non-ortho nitro benzene ring substituents is 1. The number of nitrogens with zero attached hydrogens (tertiary/aromatic N) is 2. The van der Waals surface area contributed by atoms with Crippen molar-refractivity contribution in [1.82, 2.24) is 4.57 Å². The molecule has 1 aliphatic rings. The minimum Gasteiger partial charge on any atom is -0.347 e. The number of benzene rings is 1. The topological polar surface area (TPSA) is 48.1 Å². The number of nitro benzene ring substituents is 1. The summed E-state index contributed by atoms with van der Waals surface area (Å²) in [5.74, 6) is 0.726. The van der Waals surface area contributed by atoms with Gasteiger partial charge in [-0.05, 0) is 30.9 Å². The highest BCUT2D eigenvalue weighted by Crippen LogP contribution is 2.28. The summed E-state index contributed by atoms with van der Waals surface area (Å²) < 4.78 is 2.18. The molecule has 1 fully saturated rings. The van der Waals surface area contributed by atoms with Crippen LogP contribution in [0.15, 0.2) is 30.5 Å². The van der Waals surface area contributed by atoms with Crippen LogP contribution in [0.5, 0.6) is 0 Å². The lowest BCUT2D eigenvalue weighted by Gasteiger charge is -2.22. The minimum atomic E-state index is -0.322. The number of nitro groups is 1. The maximum absolute atomic E-state index is 10.9. The number of fused-ring (bicyclic) bond motifs is 1. The molecule has 2 aromatic rings. The van der Waals surface area contributed by atoms with Crippen LogP contribution in [0.1, 0.15) is 32.1 Å². The van der Waals surface area contributed by atoms with Crippen molar-refractivity contribution in [1.29, 1.82) is 0 Å². The molecule has 0 amide bonds. The molecule has 4 nitrogen and oxygen atoms in total. The average molecular weight is 258 g/mol. The van der Waals surface area contributed by atoms with Crippen LogP contribution in [0.4, 0.5) is 5.69 Å². The molecule has 19 heavy (non-hydrogen) atoms. The second kappa shape index (κ2) is 5.03. The van der Waals surface area contributed by atoms with Gasteiger partial charge in [-0.25, -0.2) is 0 Å². The monoisotopic (exact) mass is 258 g/mol. The fraction of sp³-hybridized carbons (Fsp3) is 0.467. The van der Waals surface area contributed by atoms with Crippen molar-refractivity contribution >= 4 is 16.6 Å². The van der Waals surface area contributed by atoms with Crippen molar-refractivity contribution in [2.24, 2.45) is 5.92 Å². The van der Waals surface area contributed by atoms with E-state index in [4.69, 9.17) is 0 Å². The zero-order valence-corrected chi connectivity index (χ0v) is 10.9. The molecule has 1 aliphatic carbocycles. The van der Waals surface area contributed by atoms with E-state index in [0.717, 1.165) is 23.4 Å². The van der Waals surface area contributed by atoms with Gasteiger partial charge in [0.15, 0.2) is 0 Å². The number of rotatable bonds is 3. The molecule has 1 aromatic heterocycles. The minimum absolute atomic E-state index is 0.177. The molecule has 0 unspecified atom stereocenters. The summed E-state index contributed by atoms with van der Waals surface area (Å²) in [7, 11) is 0. The third-order valence-corrected chi connectivity index (χ3v) is 4.15. The number of hydrogen-bond donors (Lipinski definition) is 0. The molecule has 0 radical (unpaired) electrons. The summed E-state index contributed by atoms with van der Waals surface area (Å²) in [6.07, 6.45) is 8.63. The Balaban J connectivity index is 1.89. The van der Waals surface area contributed by atoms with Gasteiger partial charge in [-0.3, -0.25) is 10.1 Å². The maximum atomic E-state index is 10.9. The molecule has 3 rings (SSSR count). The lowest BCUT2D eigenvalue weighted by Crippen LogP contribution is -2.13. The van der Waals surface area contributed by atoms with Gasteiger partial charge in [-0.1, -0.05) is 19.3 Å². The fourth-order valence-electron chi connectivity index (χ4n) is 3.09. The van der Waals surface area contributed by atoms with Gasteiger partial charge in [0.2, 0.25) is 0 Å². The van der Waals surface area contributed by atoms with E-state index < -0.39 is 0 Å². The average Bonchev–Trinajstić information content (AvgIpc) is 2.82. The standard InChI is InChI=1S/C15H18N2O2/c18-17(19)14-7-6-13-8-9-16(15(13)10-14)11-12-4-2-1-3-5-12/h6-10,12H,1-5,11H2. The quantitative estimate of drug-likeness (QED) is 0.614. The molecular weight excluding hydrogens is 240 g/mol. The van der Waals surface area contributed by atoms with Gasteiger partial charge in [0.25, 0.3) is 5.69 Å². The molecule has 0 atom stereocenters. The summed E-state index contributed by atoms with van der Waals surface area (Å²) >= 11 is 0. The van der Waals surface area contributed by atoms with Crippen molar-refractivity contribution in [3.05, 3.63) is 40.6 Å². The molecule has 0 N–H and O–H groups in total. The molecule has 1 saturated carbocycles. The van der Waals surface area contributed by atoms with E-state index in [-0.39, 0.29) is 10.6 Å². The van der Waals surface area contributed by atoms with Gasteiger partial charge in [-0.15, -0.1) is 0 Å². The Labute approximate surface area is 112 Å². The van der Waals surface area contributed by atoms with Crippen LogP contribution in [0.2, 0.25) is 0 Å². The Hall–Kier alpha value is -1.84. The second-order valence-electron chi connectivity index (χ2n) is 5.47. The van der Waals surface area contributed by atoms with Crippen molar-refractivity contribution in [3.63, 3.8) is 0 Å². The van der Waals surface area contributed by atoms with E-state index in [9.17, 15) is 10.1 Å². The van der Waals surface area contributed by atoms with Crippen LogP contribution in [-0.2, 0) is 6.54 Å². The molecule has 1 heterocycles. The van der Waals surface area contributed by atoms with Crippen molar-refractivity contribution in [3.8, 4) is 0 Å². The van der Waals surface area contributed by atoms with Gasteiger partial charge in [0, 0.05) is 30.3 Å². The highest BCUT2D eigenvalue weighted by atomic mass is 16.6. The molecule has 1 aromatic carbocycles. The van der Waals surface area contributed by atoms with E-state index >= 15 is 0 Å². The summed E-state index contributed by atoms with van der Waals surface area (Å²) in [6, 6.07) is 7.15. The highest BCUT2D eigenvalue weighted by Gasteiger charge is 2.15. The fourth-order valence-corrected chi connectivity index (χ4v) is 3.09. The van der Waals surface area contributed by atoms with Crippen LogP contribution < -0.4 is 0 Å². The Morgan fingerprint density at radius 2 is 2.00 bits per heavy atom. The molecule has 100 valence electrons. The highest BCUT2D eigenvalue weighted by molar-refractivity contribution is 5.82. The van der Waals surface area contributed by atoms with E-state index in [0.29, 0.717) is 0 Å². The van der Waals surface area contributed by atoms with Crippen molar-refractivity contribution in [2.75, 3.05) is 0 Å². The Morgan fingerprint density at radius 3 is 2.74 bits per heavy atom. The first kappa shape index (κ1) is 12.2. The molecular formula is C15H18N2O2. The summed E-state index contributed by atoms with van der Waals surface area (Å²) in [5.41, 5.74) is 1.16. The first-order chi connectivity index (χ1) is 9.24. The smallest absolute Gasteiger partial charge is 0.271 e. The molecule has 0 aliphatic heterocycles. The molecule has 4 heteroatoms. The predicted octanol–water partition coefficient (Wildman–Crippen LogP) is 4.13. The molecule has 0 saturated heterocycles. The van der Waals surface area contributed by atoms with Crippen LogP contribution in [0.25, 0.3) is 10.9 Å². The summed E-state index contributed by atoms with van der Waals surface area (Å²) in [6.45, 7) is 0.991. The lowest BCUT2D eigenvalue weighted by atomic mass is 9.89. The second-order valence-corrected chi connectivity index (χ2v) is 5.47. The third kappa shape index (κ3) is 2.48. The van der Waals surface area contributed by atoms with E-state index in [1.807, 2.05) is 12.1 Å². The summed E-state index contributed by atoms with van der Waals surface area (Å²) in [4.78, 5) is 10.5. The molecule has 0 spiro atoms. The predicted molar refractivity (Wildman–Crippen MR) is 75.2 cm³/mol. The Kier molecular flexibility index (Phi) is 3.23. The maximum Gasteiger partial charge on any atom is 0.271 e. The van der Waals surface area contributed by atoms with Gasteiger partial charge < -0.3 is 4.57 Å². The van der Waals surface area contributed by atoms with Gasteiger partial charge >= 0.3 is 0 Å². The Bertz CT molecular complexity index is 597. The first-order valence-corrected chi connectivity index (χ1v) is 6.97. The van der Waals surface area contributed by atoms with Gasteiger partial charge in [0.1, 0.15) is 0 Å². The van der Waals surface area contributed by atoms with Crippen LogP contribution >= 0.6 is 0 Å². The van der Waals surface area contributed by atoms with Gasteiger partial charge in [0.05, 0.1) is 10.4 Å². The third-order valence-electron chi connectivity index (χ3n) is 4.15.